The van der Waals surface area contributed by atoms with Crippen LogP contribution in [0.4, 0.5) is 4.79 Å². The quantitative estimate of drug-likeness (QED) is 0.721. The Hall–Kier alpha value is -1.26. The predicted octanol–water partition coefficient (Wildman–Crippen LogP) is 2.12. The molecule has 2 amide bonds. The Bertz CT molecular complexity index is 315. The fraction of sp³-hybridized carbons (Fsp3) is 0.846. The number of aliphatic carboxylic acids is 1. The fourth-order valence-corrected chi connectivity index (χ4v) is 2.46. The molecule has 2 unspecified atom stereocenters. The second-order valence-corrected chi connectivity index (χ2v) is 5.92. The molecule has 18 heavy (non-hydrogen) atoms. The first-order valence-electron chi connectivity index (χ1n) is 6.60. The lowest BCUT2D eigenvalue weighted by Gasteiger charge is -2.31. The third-order valence-corrected chi connectivity index (χ3v) is 3.47. The average Bonchev–Trinajstić information content (AvgIpc) is 2.18. The minimum Gasteiger partial charge on any atom is -0.481 e. The van der Waals surface area contributed by atoms with Crippen LogP contribution in [0.2, 0.25) is 0 Å². The molecule has 0 heterocycles. The molecular weight excluding hydrogens is 232 g/mol. The van der Waals surface area contributed by atoms with Crippen LogP contribution in [0.3, 0.4) is 0 Å². The summed E-state index contributed by atoms with van der Waals surface area (Å²) in [6, 6.07) is -0.0561. The molecule has 2 atom stereocenters. The number of hydrogen-bond acceptors (Lipinski definition) is 2. The van der Waals surface area contributed by atoms with E-state index in [4.69, 9.17) is 5.11 Å². The molecule has 0 radical (unpaired) electrons. The summed E-state index contributed by atoms with van der Waals surface area (Å²) in [6.45, 7) is 5.57. The molecule has 0 aliphatic heterocycles. The molecule has 0 aromatic heterocycles. The van der Waals surface area contributed by atoms with Crippen molar-refractivity contribution in [3.63, 3.8) is 0 Å². The van der Waals surface area contributed by atoms with Gasteiger partial charge in [-0.3, -0.25) is 4.79 Å². The van der Waals surface area contributed by atoms with Crippen LogP contribution < -0.4 is 10.6 Å². The summed E-state index contributed by atoms with van der Waals surface area (Å²) in [6.07, 6.45) is 4.44. The highest BCUT2D eigenvalue weighted by Gasteiger charge is 2.27. The Kier molecular flexibility index (Phi) is 4.99. The van der Waals surface area contributed by atoms with E-state index < -0.39 is 11.5 Å². The smallest absolute Gasteiger partial charge is 0.315 e. The maximum Gasteiger partial charge on any atom is 0.315 e. The first-order chi connectivity index (χ1) is 8.30. The van der Waals surface area contributed by atoms with Crippen LogP contribution in [-0.4, -0.2) is 28.7 Å². The van der Waals surface area contributed by atoms with Gasteiger partial charge in [0.15, 0.2) is 0 Å². The summed E-state index contributed by atoms with van der Waals surface area (Å²) in [7, 11) is 0. The second-order valence-electron chi connectivity index (χ2n) is 5.92. The van der Waals surface area contributed by atoms with Crippen LogP contribution in [0.5, 0.6) is 0 Å². The summed E-state index contributed by atoms with van der Waals surface area (Å²) in [5, 5.41) is 14.4. The topological polar surface area (TPSA) is 78.4 Å². The summed E-state index contributed by atoms with van der Waals surface area (Å²) in [5.41, 5.74) is -0.728. The number of hydrogen-bond donors (Lipinski definition) is 3. The molecule has 104 valence electrons. The number of carbonyl (C=O) groups is 2. The van der Waals surface area contributed by atoms with Gasteiger partial charge in [0.2, 0.25) is 0 Å². The van der Waals surface area contributed by atoms with Crippen LogP contribution in [0.25, 0.3) is 0 Å². The van der Waals surface area contributed by atoms with Crippen molar-refractivity contribution in [3.05, 3.63) is 0 Å². The van der Waals surface area contributed by atoms with Crippen molar-refractivity contribution in [1.82, 2.24) is 10.6 Å². The highest BCUT2D eigenvalue weighted by molar-refractivity contribution is 5.76. The number of rotatable bonds is 4. The number of urea groups is 1. The monoisotopic (exact) mass is 256 g/mol. The predicted molar refractivity (Wildman–Crippen MR) is 69.4 cm³/mol. The SMILES string of the molecule is CC1CCCCC1NC(=O)NC(C)(C)CC(=O)O. The lowest BCUT2D eigenvalue weighted by molar-refractivity contribution is -0.138. The summed E-state index contributed by atoms with van der Waals surface area (Å²) >= 11 is 0. The highest BCUT2D eigenvalue weighted by atomic mass is 16.4. The van der Waals surface area contributed by atoms with Gasteiger partial charge in [-0.05, 0) is 32.6 Å². The van der Waals surface area contributed by atoms with Gasteiger partial charge in [0.25, 0.3) is 0 Å². The number of amides is 2. The van der Waals surface area contributed by atoms with E-state index in [-0.39, 0.29) is 18.5 Å². The van der Waals surface area contributed by atoms with Crippen LogP contribution in [0.1, 0.15) is 52.9 Å². The van der Waals surface area contributed by atoms with Crippen molar-refractivity contribution in [2.24, 2.45) is 5.92 Å². The van der Waals surface area contributed by atoms with Crippen molar-refractivity contribution < 1.29 is 14.7 Å². The number of nitrogens with one attached hydrogen (secondary N) is 2. The molecule has 0 spiro atoms. The zero-order valence-corrected chi connectivity index (χ0v) is 11.5. The van der Waals surface area contributed by atoms with E-state index in [1.807, 2.05) is 0 Å². The van der Waals surface area contributed by atoms with Gasteiger partial charge in [-0.2, -0.15) is 0 Å². The fourth-order valence-electron chi connectivity index (χ4n) is 2.46. The normalized spacial score (nSPS) is 24.4. The van der Waals surface area contributed by atoms with Crippen molar-refractivity contribution in [2.45, 2.75) is 64.5 Å². The molecule has 1 aliphatic rings. The van der Waals surface area contributed by atoms with E-state index in [0.717, 1.165) is 19.3 Å². The van der Waals surface area contributed by atoms with Gasteiger partial charge >= 0.3 is 12.0 Å². The molecular formula is C13H24N2O3. The maximum atomic E-state index is 11.8. The number of carbonyl (C=O) groups excluding carboxylic acids is 1. The lowest BCUT2D eigenvalue weighted by atomic mass is 9.86. The average molecular weight is 256 g/mol. The van der Waals surface area contributed by atoms with Crippen LogP contribution in [-0.2, 0) is 4.79 Å². The van der Waals surface area contributed by atoms with Gasteiger partial charge in [0, 0.05) is 11.6 Å². The molecule has 5 nitrogen and oxygen atoms in total. The molecule has 1 saturated carbocycles. The molecule has 0 bridgehead atoms. The second kappa shape index (κ2) is 6.07. The zero-order valence-electron chi connectivity index (χ0n) is 11.5. The zero-order chi connectivity index (χ0) is 13.8. The number of carboxylic acid groups (broad SMARTS) is 1. The van der Waals surface area contributed by atoms with Crippen molar-refractivity contribution in [2.75, 3.05) is 0 Å². The molecule has 5 heteroatoms. The van der Waals surface area contributed by atoms with Crippen molar-refractivity contribution >= 4 is 12.0 Å². The Morgan fingerprint density at radius 3 is 2.44 bits per heavy atom. The molecule has 0 saturated heterocycles. The van der Waals surface area contributed by atoms with Crippen LogP contribution in [0.15, 0.2) is 0 Å². The minimum absolute atomic E-state index is 0.0827. The Morgan fingerprint density at radius 2 is 1.89 bits per heavy atom. The van der Waals surface area contributed by atoms with E-state index in [9.17, 15) is 9.59 Å². The third kappa shape index (κ3) is 4.94. The standard InChI is InChI=1S/C13H24N2O3/c1-9-6-4-5-7-10(9)14-12(18)15-13(2,3)8-11(16)17/h9-10H,4-8H2,1-3H3,(H,16,17)(H2,14,15,18). The van der Waals surface area contributed by atoms with Gasteiger partial charge in [-0.25, -0.2) is 4.79 Å². The minimum atomic E-state index is -0.911. The Labute approximate surface area is 108 Å². The molecule has 1 fully saturated rings. The van der Waals surface area contributed by atoms with E-state index in [0.29, 0.717) is 5.92 Å². The largest absolute Gasteiger partial charge is 0.481 e. The first-order valence-corrected chi connectivity index (χ1v) is 6.60. The molecule has 0 aromatic rings. The molecule has 3 N–H and O–H groups in total. The lowest BCUT2D eigenvalue weighted by Crippen LogP contribution is -2.53. The van der Waals surface area contributed by atoms with Gasteiger partial charge in [-0.1, -0.05) is 19.8 Å². The van der Waals surface area contributed by atoms with Gasteiger partial charge in [0.1, 0.15) is 0 Å². The maximum absolute atomic E-state index is 11.8. The van der Waals surface area contributed by atoms with E-state index >= 15 is 0 Å². The van der Waals surface area contributed by atoms with Crippen molar-refractivity contribution in [3.8, 4) is 0 Å². The van der Waals surface area contributed by atoms with E-state index in [1.165, 1.54) is 6.42 Å². The summed E-state index contributed by atoms with van der Waals surface area (Å²) in [5.74, 6) is -0.418. The van der Waals surface area contributed by atoms with E-state index in [2.05, 4.69) is 17.6 Å². The van der Waals surface area contributed by atoms with Crippen LogP contribution >= 0.6 is 0 Å². The van der Waals surface area contributed by atoms with Gasteiger partial charge in [0.05, 0.1) is 6.42 Å². The molecule has 0 aromatic carbocycles. The van der Waals surface area contributed by atoms with Gasteiger partial charge < -0.3 is 15.7 Å². The third-order valence-electron chi connectivity index (χ3n) is 3.47. The Morgan fingerprint density at radius 1 is 1.28 bits per heavy atom. The summed E-state index contributed by atoms with van der Waals surface area (Å²) in [4.78, 5) is 22.5. The molecule has 1 aliphatic carbocycles. The summed E-state index contributed by atoms with van der Waals surface area (Å²) < 4.78 is 0. The Balaban J connectivity index is 2.43. The first kappa shape index (κ1) is 14.8. The van der Waals surface area contributed by atoms with Gasteiger partial charge in [-0.15, -0.1) is 0 Å². The van der Waals surface area contributed by atoms with E-state index in [1.54, 1.807) is 13.8 Å². The molecule has 1 rings (SSSR count). The van der Waals surface area contributed by atoms with Crippen molar-refractivity contribution in [1.29, 1.82) is 0 Å². The number of carboxylic acids is 1. The van der Waals surface area contributed by atoms with Crippen LogP contribution in [0, 0.1) is 5.92 Å². The highest BCUT2D eigenvalue weighted by Crippen LogP contribution is 2.23.